The number of nitriles is 1. The van der Waals surface area contributed by atoms with Crippen LogP contribution in [0.2, 0.25) is 0 Å². The van der Waals surface area contributed by atoms with Gasteiger partial charge in [-0.05, 0) is 38.8 Å². The van der Waals surface area contributed by atoms with Crippen molar-refractivity contribution in [3.8, 4) is 6.07 Å². The molecule has 0 spiro atoms. The summed E-state index contributed by atoms with van der Waals surface area (Å²) in [5, 5.41) is 8.75. The largest absolute Gasteiger partial charge is 0.336 e. The molecule has 1 aliphatic rings. The van der Waals surface area contributed by atoms with Crippen LogP contribution in [-0.2, 0) is 11.3 Å². The van der Waals surface area contributed by atoms with E-state index in [4.69, 9.17) is 5.26 Å². The molecule has 1 atom stereocenters. The molecule has 1 heterocycles. The molecule has 124 valence electrons. The van der Waals surface area contributed by atoms with Gasteiger partial charge in [0.2, 0.25) is 5.91 Å². The van der Waals surface area contributed by atoms with Gasteiger partial charge in [-0.2, -0.15) is 5.26 Å². The highest BCUT2D eigenvalue weighted by Gasteiger charge is 2.30. The highest BCUT2D eigenvalue weighted by Crippen LogP contribution is 2.21. The Hall–Kier alpha value is -1.86. The lowest BCUT2D eigenvalue weighted by Gasteiger charge is -2.36. The second-order valence-electron chi connectivity index (χ2n) is 6.59. The average Bonchev–Trinajstić information content (AvgIpc) is 2.58. The zero-order valence-corrected chi connectivity index (χ0v) is 14.2. The predicted molar refractivity (Wildman–Crippen MR) is 91.5 cm³/mol. The number of nitrogens with zero attached hydrogens (tertiary/aromatic N) is 3. The molecule has 4 heteroatoms. The Morgan fingerprint density at radius 1 is 1.39 bits per heavy atom. The lowest BCUT2D eigenvalue weighted by molar-refractivity contribution is -0.139. The predicted octanol–water partition coefficient (Wildman–Crippen LogP) is 3.05. The fourth-order valence-corrected chi connectivity index (χ4v) is 3.20. The Bertz CT molecular complexity index is 535. The van der Waals surface area contributed by atoms with Crippen LogP contribution in [0.3, 0.4) is 0 Å². The molecule has 1 aliphatic heterocycles. The van der Waals surface area contributed by atoms with E-state index in [1.165, 1.54) is 5.56 Å². The van der Waals surface area contributed by atoms with Gasteiger partial charge in [-0.25, -0.2) is 0 Å². The standard InChI is InChI=1S/C19H27N3O/c1-16(2)22(14-17-8-4-3-5-9-17)19(23)18-10-6-12-21(15-18)13-7-11-20/h3-5,8-9,16,18H,6-7,10,12-15H2,1-2H3. The van der Waals surface area contributed by atoms with Gasteiger partial charge in [-0.1, -0.05) is 30.3 Å². The number of amides is 1. The zero-order valence-electron chi connectivity index (χ0n) is 14.2. The molecule has 0 aromatic heterocycles. The first-order valence-electron chi connectivity index (χ1n) is 8.55. The second-order valence-corrected chi connectivity index (χ2v) is 6.59. The number of likely N-dealkylation sites (tertiary alicyclic amines) is 1. The highest BCUT2D eigenvalue weighted by atomic mass is 16.2. The number of hydrogen-bond acceptors (Lipinski definition) is 3. The van der Waals surface area contributed by atoms with Crippen LogP contribution in [0.15, 0.2) is 30.3 Å². The van der Waals surface area contributed by atoms with Gasteiger partial charge >= 0.3 is 0 Å². The number of rotatable bonds is 6. The van der Waals surface area contributed by atoms with Gasteiger partial charge in [0, 0.05) is 32.1 Å². The molecule has 0 saturated carbocycles. The number of hydrogen-bond donors (Lipinski definition) is 0. The topological polar surface area (TPSA) is 47.3 Å². The average molecular weight is 313 g/mol. The van der Waals surface area contributed by atoms with Gasteiger partial charge in [0.15, 0.2) is 0 Å². The summed E-state index contributed by atoms with van der Waals surface area (Å²) in [4.78, 5) is 17.3. The third-order valence-electron chi connectivity index (χ3n) is 4.50. The Morgan fingerprint density at radius 3 is 2.78 bits per heavy atom. The van der Waals surface area contributed by atoms with Crippen molar-refractivity contribution in [3.05, 3.63) is 35.9 Å². The fraction of sp³-hybridized carbons (Fsp3) is 0.579. The Kier molecular flexibility index (Phi) is 6.61. The summed E-state index contributed by atoms with van der Waals surface area (Å²) in [5.74, 6) is 0.319. The minimum atomic E-state index is 0.0635. The summed E-state index contributed by atoms with van der Waals surface area (Å²) in [5.41, 5.74) is 1.17. The van der Waals surface area contributed by atoms with Gasteiger partial charge in [0.05, 0.1) is 12.0 Å². The third kappa shape index (κ3) is 5.07. The normalized spacial score (nSPS) is 18.6. The van der Waals surface area contributed by atoms with Crippen LogP contribution >= 0.6 is 0 Å². The Balaban J connectivity index is 2.01. The van der Waals surface area contributed by atoms with Crippen molar-refractivity contribution >= 4 is 5.91 Å². The maximum atomic E-state index is 13.0. The third-order valence-corrected chi connectivity index (χ3v) is 4.50. The molecule has 1 saturated heterocycles. The molecule has 0 aliphatic carbocycles. The zero-order chi connectivity index (χ0) is 16.7. The van der Waals surface area contributed by atoms with Crippen LogP contribution in [0.25, 0.3) is 0 Å². The minimum absolute atomic E-state index is 0.0635. The lowest BCUT2D eigenvalue weighted by Crippen LogP contribution is -2.46. The van der Waals surface area contributed by atoms with Crippen molar-refractivity contribution in [1.29, 1.82) is 5.26 Å². The molecular formula is C19H27N3O. The molecule has 23 heavy (non-hydrogen) atoms. The molecule has 0 radical (unpaired) electrons. The first kappa shape index (κ1) is 17.5. The molecule has 1 aromatic rings. The van der Waals surface area contributed by atoms with Gasteiger partial charge in [-0.3, -0.25) is 4.79 Å². The molecule has 2 rings (SSSR count). The van der Waals surface area contributed by atoms with Crippen molar-refractivity contribution in [2.24, 2.45) is 5.92 Å². The SMILES string of the molecule is CC(C)N(Cc1ccccc1)C(=O)C1CCCN(CCC#N)C1. The fourth-order valence-electron chi connectivity index (χ4n) is 3.20. The Morgan fingerprint density at radius 2 is 2.13 bits per heavy atom. The van der Waals surface area contributed by atoms with Gasteiger partial charge in [-0.15, -0.1) is 0 Å². The van der Waals surface area contributed by atoms with E-state index in [2.05, 4.69) is 36.9 Å². The molecule has 0 N–H and O–H groups in total. The quantitative estimate of drug-likeness (QED) is 0.811. The molecule has 0 bridgehead atoms. The van der Waals surface area contributed by atoms with Crippen LogP contribution in [0.5, 0.6) is 0 Å². The van der Waals surface area contributed by atoms with Crippen molar-refractivity contribution in [3.63, 3.8) is 0 Å². The summed E-state index contributed by atoms with van der Waals surface area (Å²) >= 11 is 0. The molecule has 1 unspecified atom stereocenters. The lowest BCUT2D eigenvalue weighted by atomic mass is 9.95. The van der Waals surface area contributed by atoms with E-state index in [-0.39, 0.29) is 17.9 Å². The Labute approximate surface area is 139 Å². The monoisotopic (exact) mass is 313 g/mol. The molecular weight excluding hydrogens is 286 g/mol. The number of carbonyl (C=O) groups is 1. The van der Waals surface area contributed by atoms with E-state index in [9.17, 15) is 4.79 Å². The van der Waals surface area contributed by atoms with E-state index < -0.39 is 0 Å². The summed E-state index contributed by atoms with van der Waals surface area (Å²) in [6.07, 6.45) is 2.54. The summed E-state index contributed by atoms with van der Waals surface area (Å²) in [7, 11) is 0. The number of piperidine rings is 1. The summed E-state index contributed by atoms with van der Waals surface area (Å²) in [6, 6.07) is 12.6. The van der Waals surface area contributed by atoms with Crippen LogP contribution in [0, 0.1) is 17.2 Å². The first-order valence-corrected chi connectivity index (χ1v) is 8.55. The second kappa shape index (κ2) is 8.69. The minimum Gasteiger partial charge on any atom is -0.336 e. The van der Waals surface area contributed by atoms with Crippen LogP contribution < -0.4 is 0 Å². The number of carbonyl (C=O) groups excluding carboxylic acids is 1. The maximum absolute atomic E-state index is 13.0. The summed E-state index contributed by atoms with van der Waals surface area (Å²) in [6.45, 7) is 7.41. The van der Waals surface area contributed by atoms with Crippen LogP contribution in [0.4, 0.5) is 0 Å². The van der Waals surface area contributed by atoms with E-state index in [1.54, 1.807) is 0 Å². The molecule has 4 nitrogen and oxygen atoms in total. The maximum Gasteiger partial charge on any atom is 0.227 e. The van der Waals surface area contributed by atoms with Crippen molar-refractivity contribution in [1.82, 2.24) is 9.80 Å². The van der Waals surface area contributed by atoms with Crippen LogP contribution in [-0.4, -0.2) is 41.4 Å². The molecule has 1 amide bonds. The van der Waals surface area contributed by atoms with Crippen molar-refractivity contribution in [2.75, 3.05) is 19.6 Å². The van der Waals surface area contributed by atoms with Gasteiger partial charge in [0.1, 0.15) is 0 Å². The van der Waals surface area contributed by atoms with E-state index in [0.29, 0.717) is 13.0 Å². The smallest absolute Gasteiger partial charge is 0.227 e. The van der Waals surface area contributed by atoms with Gasteiger partial charge in [0.25, 0.3) is 0 Å². The van der Waals surface area contributed by atoms with E-state index in [0.717, 1.165) is 32.5 Å². The number of benzene rings is 1. The highest BCUT2D eigenvalue weighted by molar-refractivity contribution is 5.79. The van der Waals surface area contributed by atoms with Crippen molar-refractivity contribution < 1.29 is 4.79 Å². The van der Waals surface area contributed by atoms with E-state index in [1.807, 2.05) is 23.1 Å². The molecule has 1 fully saturated rings. The first-order chi connectivity index (χ1) is 11.1. The van der Waals surface area contributed by atoms with Gasteiger partial charge < -0.3 is 9.80 Å². The van der Waals surface area contributed by atoms with E-state index >= 15 is 0 Å². The van der Waals surface area contributed by atoms with Crippen molar-refractivity contribution in [2.45, 2.75) is 45.7 Å². The summed E-state index contributed by atoms with van der Waals surface area (Å²) < 4.78 is 0. The van der Waals surface area contributed by atoms with Crippen LogP contribution in [0.1, 0.15) is 38.7 Å². The molecule has 1 aromatic carbocycles.